The highest BCUT2D eigenvalue weighted by molar-refractivity contribution is 5.90. The highest BCUT2D eigenvalue weighted by atomic mass is 16.6. The Morgan fingerprint density at radius 2 is 1.81 bits per heavy atom. The summed E-state index contributed by atoms with van der Waals surface area (Å²) in [7, 11) is 0. The monoisotopic (exact) mass is 518 g/mol. The van der Waals surface area contributed by atoms with Gasteiger partial charge in [0, 0.05) is 37.3 Å². The maximum Gasteiger partial charge on any atom is 0.410 e. The van der Waals surface area contributed by atoms with Crippen LogP contribution in [0.5, 0.6) is 0 Å². The number of ether oxygens (including phenoxy) is 2. The molecule has 2 N–H and O–H groups in total. The normalized spacial score (nSPS) is 21.5. The number of pyridine rings is 1. The summed E-state index contributed by atoms with van der Waals surface area (Å²) in [5.74, 6) is -1.80. The second kappa shape index (κ2) is 11.8. The van der Waals surface area contributed by atoms with E-state index in [1.807, 2.05) is 18.2 Å². The number of carbonyl (C=O) groups excluding carboxylic acids is 3. The maximum atomic E-state index is 13.3. The number of carbonyl (C=O) groups is 4. The van der Waals surface area contributed by atoms with E-state index < -0.39 is 47.9 Å². The van der Waals surface area contributed by atoms with E-state index in [1.54, 1.807) is 45.7 Å². The number of nitrogens with one attached hydrogen (secondary N) is 1. The second-order valence-electron chi connectivity index (χ2n) is 11.0. The fourth-order valence-electron chi connectivity index (χ4n) is 4.68. The molecule has 2 aliphatic rings. The van der Waals surface area contributed by atoms with Crippen molar-refractivity contribution in [1.82, 2.24) is 20.1 Å². The van der Waals surface area contributed by atoms with Gasteiger partial charge in [-0.1, -0.05) is 19.9 Å². The fraction of sp³-hybridized carbons (Fsp3) is 0.654. The molecule has 2 aliphatic heterocycles. The SMILES string of the molecule is CC(C)[C@H](NC(=O)OC(C)(C)C)C(=O)N1C[C@H](OC(=O)N2CCC(c3ccccn3)CC2)C[C@H]1C(=O)O. The van der Waals surface area contributed by atoms with Gasteiger partial charge in [0.1, 0.15) is 23.8 Å². The zero-order valence-corrected chi connectivity index (χ0v) is 22.2. The van der Waals surface area contributed by atoms with E-state index in [0.29, 0.717) is 13.1 Å². The van der Waals surface area contributed by atoms with Gasteiger partial charge in [0.05, 0.1) is 6.54 Å². The van der Waals surface area contributed by atoms with Gasteiger partial charge in [-0.05, 0) is 51.7 Å². The molecular formula is C26H38N4O7. The van der Waals surface area contributed by atoms with Crippen molar-refractivity contribution in [2.75, 3.05) is 19.6 Å². The van der Waals surface area contributed by atoms with Crippen molar-refractivity contribution >= 4 is 24.1 Å². The van der Waals surface area contributed by atoms with Gasteiger partial charge < -0.3 is 29.7 Å². The minimum absolute atomic E-state index is 0.0194. The van der Waals surface area contributed by atoms with Crippen LogP contribution < -0.4 is 5.32 Å². The number of likely N-dealkylation sites (tertiary alicyclic amines) is 2. The van der Waals surface area contributed by atoms with Crippen LogP contribution in [0, 0.1) is 5.92 Å². The van der Waals surface area contributed by atoms with Gasteiger partial charge in [0.2, 0.25) is 5.91 Å². The third-order valence-electron chi connectivity index (χ3n) is 6.56. The van der Waals surface area contributed by atoms with Crippen LogP contribution in [0.3, 0.4) is 0 Å². The molecule has 0 aliphatic carbocycles. The Kier molecular flexibility index (Phi) is 8.98. The number of aliphatic carboxylic acids is 1. The van der Waals surface area contributed by atoms with Crippen LogP contribution in [-0.4, -0.2) is 87.4 Å². The average Bonchev–Trinajstić information content (AvgIpc) is 3.25. The van der Waals surface area contributed by atoms with E-state index in [-0.39, 0.29) is 24.8 Å². The number of alkyl carbamates (subject to hydrolysis) is 1. The average molecular weight is 519 g/mol. The van der Waals surface area contributed by atoms with E-state index in [2.05, 4.69) is 10.3 Å². The van der Waals surface area contributed by atoms with Gasteiger partial charge in [-0.2, -0.15) is 0 Å². The van der Waals surface area contributed by atoms with Crippen molar-refractivity contribution in [2.45, 2.75) is 83.6 Å². The van der Waals surface area contributed by atoms with Gasteiger partial charge in [-0.25, -0.2) is 14.4 Å². The smallest absolute Gasteiger partial charge is 0.410 e. The lowest BCUT2D eigenvalue weighted by Gasteiger charge is -2.32. The van der Waals surface area contributed by atoms with Gasteiger partial charge in [-0.15, -0.1) is 0 Å². The number of carboxylic acid groups (broad SMARTS) is 1. The molecule has 3 heterocycles. The van der Waals surface area contributed by atoms with E-state index in [9.17, 15) is 24.3 Å². The molecule has 2 fully saturated rings. The number of hydrogen-bond acceptors (Lipinski definition) is 7. The molecule has 204 valence electrons. The lowest BCUT2D eigenvalue weighted by molar-refractivity contribution is -0.149. The lowest BCUT2D eigenvalue weighted by Crippen LogP contribution is -2.54. The molecule has 1 aromatic rings. The molecule has 0 aromatic carbocycles. The summed E-state index contributed by atoms with van der Waals surface area (Å²) in [6, 6.07) is 3.64. The van der Waals surface area contributed by atoms with Crippen molar-refractivity contribution in [3.05, 3.63) is 30.1 Å². The quantitative estimate of drug-likeness (QED) is 0.586. The predicted molar refractivity (Wildman–Crippen MR) is 134 cm³/mol. The molecule has 11 heteroatoms. The summed E-state index contributed by atoms with van der Waals surface area (Å²) in [5.41, 5.74) is 0.251. The Bertz CT molecular complexity index is 971. The van der Waals surface area contributed by atoms with Crippen LogP contribution in [0.25, 0.3) is 0 Å². The summed E-state index contributed by atoms with van der Waals surface area (Å²) in [6.07, 6.45) is 1.21. The first-order valence-electron chi connectivity index (χ1n) is 12.7. The first kappa shape index (κ1) is 28.2. The number of rotatable bonds is 6. The first-order valence-corrected chi connectivity index (χ1v) is 12.7. The zero-order chi connectivity index (χ0) is 27.3. The van der Waals surface area contributed by atoms with Crippen molar-refractivity contribution in [1.29, 1.82) is 0 Å². The topological polar surface area (TPSA) is 138 Å². The molecule has 3 amide bonds. The van der Waals surface area contributed by atoms with Gasteiger partial charge >= 0.3 is 18.2 Å². The van der Waals surface area contributed by atoms with Crippen molar-refractivity contribution in [2.24, 2.45) is 5.92 Å². The van der Waals surface area contributed by atoms with Crippen molar-refractivity contribution < 1.29 is 33.8 Å². The Balaban J connectivity index is 1.60. The van der Waals surface area contributed by atoms with Crippen LogP contribution in [0.15, 0.2) is 24.4 Å². The van der Waals surface area contributed by atoms with Gasteiger partial charge in [-0.3, -0.25) is 9.78 Å². The lowest BCUT2D eigenvalue weighted by atomic mass is 9.93. The predicted octanol–water partition coefficient (Wildman–Crippen LogP) is 3.00. The molecule has 2 saturated heterocycles. The largest absolute Gasteiger partial charge is 0.480 e. The summed E-state index contributed by atoms with van der Waals surface area (Å²) >= 11 is 0. The standard InChI is InChI=1S/C26H38N4O7/c1-16(2)21(28-24(34)37-26(3,4)5)22(31)30-15-18(14-20(30)23(32)33)36-25(35)29-12-9-17(10-13-29)19-8-6-7-11-27-19/h6-8,11,16-18,20-21H,9-10,12-15H2,1-5H3,(H,28,34)(H,32,33)/t18-,20+,21+/m1/s1. The number of aromatic nitrogens is 1. The number of carboxylic acids is 1. The molecule has 37 heavy (non-hydrogen) atoms. The second-order valence-corrected chi connectivity index (χ2v) is 11.0. The number of amides is 3. The Hall–Kier alpha value is -3.37. The van der Waals surface area contributed by atoms with E-state index in [4.69, 9.17) is 9.47 Å². The molecule has 11 nitrogen and oxygen atoms in total. The highest BCUT2D eigenvalue weighted by Gasteiger charge is 2.45. The van der Waals surface area contributed by atoms with Crippen molar-refractivity contribution in [3.63, 3.8) is 0 Å². The molecule has 0 spiro atoms. The summed E-state index contributed by atoms with van der Waals surface area (Å²) in [4.78, 5) is 57.6. The van der Waals surface area contributed by atoms with Crippen LogP contribution in [0.1, 0.15) is 65.5 Å². The maximum absolute atomic E-state index is 13.3. The van der Waals surface area contributed by atoms with E-state index in [1.165, 1.54) is 4.90 Å². The molecule has 0 saturated carbocycles. The molecule has 0 bridgehead atoms. The Morgan fingerprint density at radius 3 is 2.35 bits per heavy atom. The summed E-state index contributed by atoms with van der Waals surface area (Å²) in [5, 5.41) is 12.3. The highest BCUT2D eigenvalue weighted by Crippen LogP contribution is 2.28. The van der Waals surface area contributed by atoms with Crippen LogP contribution in [-0.2, 0) is 19.1 Å². The van der Waals surface area contributed by atoms with Gasteiger partial charge in [0.15, 0.2) is 0 Å². The third kappa shape index (κ3) is 7.56. The van der Waals surface area contributed by atoms with E-state index in [0.717, 1.165) is 18.5 Å². The minimum Gasteiger partial charge on any atom is -0.480 e. The van der Waals surface area contributed by atoms with Crippen LogP contribution >= 0.6 is 0 Å². The minimum atomic E-state index is -1.19. The van der Waals surface area contributed by atoms with Crippen molar-refractivity contribution in [3.8, 4) is 0 Å². The fourth-order valence-corrected chi connectivity index (χ4v) is 4.68. The van der Waals surface area contributed by atoms with Crippen LogP contribution in [0.2, 0.25) is 0 Å². The first-order chi connectivity index (χ1) is 17.4. The Morgan fingerprint density at radius 1 is 1.14 bits per heavy atom. The summed E-state index contributed by atoms with van der Waals surface area (Å²) < 4.78 is 10.9. The number of hydrogen-bond donors (Lipinski definition) is 2. The molecule has 3 rings (SSSR count). The number of piperidine rings is 1. The van der Waals surface area contributed by atoms with Gasteiger partial charge in [0.25, 0.3) is 0 Å². The van der Waals surface area contributed by atoms with E-state index >= 15 is 0 Å². The molecule has 3 atom stereocenters. The molecule has 0 radical (unpaired) electrons. The molecule has 1 aromatic heterocycles. The third-order valence-corrected chi connectivity index (χ3v) is 6.56. The zero-order valence-electron chi connectivity index (χ0n) is 22.2. The molecule has 0 unspecified atom stereocenters. The molecular weight excluding hydrogens is 480 g/mol. The number of nitrogens with zero attached hydrogens (tertiary/aromatic N) is 3. The summed E-state index contributed by atoms with van der Waals surface area (Å²) in [6.45, 7) is 9.57. The Labute approximate surface area is 217 Å². The van der Waals surface area contributed by atoms with Crippen LogP contribution in [0.4, 0.5) is 9.59 Å².